The van der Waals surface area contributed by atoms with E-state index in [0.29, 0.717) is 5.56 Å². The largest absolute Gasteiger partial charge is 0.383 e. The molecule has 0 aliphatic rings. The molecule has 0 radical (unpaired) electrons. The molecule has 1 aromatic heterocycles. The molecule has 1 heterocycles. The van der Waals surface area contributed by atoms with Crippen molar-refractivity contribution >= 4 is 27.3 Å². The van der Waals surface area contributed by atoms with Crippen LogP contribution < -0.4 is 0 Å². The van der Waals surface area contributed by atoms with Gasteiger partial charge in [0.25, 0.3) is 0 Å². The van der Waals surface area contributed by atoms with E-state index in [1.54, 1.807) is 12.1 Å². The van der Waals surface area contributed by atoms with Crippen molar-refractivity contribution in [1.82, 2.24) is 0 Å². The van der Waals surface area contributed by atoms with Crippen LogP contribution in [0.2, 0.25) is 0 Å². The van der Waals surface area contributed by atoms with Crippen molar-refractivity contribution in [2.45, 2.75) is 13.0 Å². The van der Waals surface area contributed by atoms with Crippen LogP contribution in [0.1, 0.15) is 22.1 Å². The van der Waals surface area contributed by atoms with E-state index in [4.69, 9.17) is 0 Å². The fourth-order valence-corrected chi connectivity index (χ4v) is 3.04. The number of aryl methyl sites for hydroxylation is 1. The maximum Gasteiger partial charge on any atom is 0.123 e. The minimum atomic E-state index is -0.759. The highest BCUT2D eigenvalue weighted by molar-refractivity contribution is 9.11. The van der Waals surface area contributed by atoms with Gasteiger partial charge in [-0.1, -0.05) is 12.1 Å². The number of benzene rings is 1. The van der Waals surface area contributed by atoms with Gasteiger partial charge in [-0.05, 0) is 52.2 Å². The summed E-state index contributed by atoms with van der Waals surface area (Å²) in [4.78, 5) is 0.815. The van der Waals surface area contributed by atoms with Crippen molar-refractivity contribution in [2.75, 3.05) is 0 Å². The summed E-state index contributed by atoms with van der Waals surface area (Å²) in [6, 6.07) is 7.95. The van der Waals surface area contributed by atoms with Gasteiger partial charge in [0.05, 0.1) is 3.79 Å². The van der Waals surface area contributed by atoms with Gasteiger partial charge in [0, 0.05) is 4.88 Å². The van der Waals surface area contributed by atoms with Crippen LogP contribution in [0, 0.1) is 12.7 Å². The van der Waals surface area contributed by atoms with Crippen molar-refractivity contribution in [1.29, 1.82) is 0 Å². The predicted molar refractivity (Wildman–Crippen MR) is 67.2 cm³/mol. The van der Waals surface area contributed by atoms with Gasteiger partial charge in [0.2, 0.25) is 0 Å². The first-order chi connectivity index (χ1) is 7.58. The first-order valence-electron chi connectivity index (χ1n) is 4.77. The van der Waals surface area contributed by atoms with Crippen LogP contribution in [0.5, 0.6) is 0 Å². The van der Waals surface area contributed by atoms with Crippen LogP contribution in [0.3, 0.4) is 0 Å². The molecule has 0 bridgehead atoms. The quantitative estimate of drug-likeness (QED) is 0.887. The van der Waals surface area contributed by atoms with Crippen molar-refractivity contribution in [3.05, 3.63) is 55.9 Å². The molecule has 0 saturated heterocycles. The number of rotatable bonds is 2. The molecule has 0 amide bonds. The molecule has 0 spiro atoms. The smallest absolute Gasteiger partial charge is 0.123 e. The summed E-state index contributed by atoms with van der Waals surface area (Å²) < 4.78 is 14.0. The summed E-state index contributed by atoms with van der Waals surface area (Å²) in [5, 5.41) is 10.1. The van der Waals surface area contributed by atoms with Gasteiger partial charge >= 0.3 is 0 Å². The van der Waals surface area contributed by atoms with Gasteiger partial charge in [0.15, 0.2) is 0 Å². The van der Waals surface area contributed by atoms with E-state index in [2.05, 4.69) is 15.9 Å². The Labute approximate surface area is 106 Å². The Hall–Kier alpha value is -0.710. The SMILES string of the molecule is Cc1cc(C(O)c2cccc(F)c2)sc1Br. The maximum absolute atomic E-state index is 13.0. The zero-order valence-corrected chi connectivity index (χ0v) is 11.0. The van der Waals surface area contributed by atoms with Crippen LogP contribution in [0.4, 0.5) is 4.39 Å². The Kier molecular flexibility index (Phi) is 3.42. The molecule has 0 aliphatic carbocycles. The molecule has 1 N–H and O–H groups in total. The molecule has 0 fully saturated rings. The molecule has 4 heteroatoms. The molecular weight excluding hydrogens is 291 g/mol. The lowest BCUT2D eigenvalue weighted by Gasteiger charge is -2.08. The third-order valence-electron chi connectivity index (χ3n) is 2.31. The van der Waals surface area contributed by atoms with Crippen molar-refractivity contribution < 1.29 is 9.50 Å². The average Bonchev–Trinajstić information content (AvgIpc) is 2.58. The number of halogens is 2. The number of hydrogen-bond acceptors (Lipinski definition) is 2. The lowest BCUT2D eigenvalue weighted by Crippen LogP contribution is -1.97. The van der Waals surface area contributed by atoms with Crippen LogP contribution in [-0.4, -0.2) is 5.11 Å². The second kappa shape index (κ2) is 4.65. The summed E-state index contributed by atoms with van der Waals surface area (Å²) in [6.45, 7) is 1.96. The summed E-state index contributed by atoms with van der Waals surface area (Å²) in [5.41, 5.74) is 1.66. The molecule has 0 saturated carbocycles. The molecule has 2 rings (SSSR count). The van der Waals surface area contributed by atoms with E-state index in [1.165, 1.54) is 23.5 Å². The predicted octanol–water partition coefficient (Wildman–Crippen LogP) is 4.04. The van der Waals surface area contributed by atoms with E-state index in [0.717, 1.165) is 14.2 Å². The van der Waals surface area contributed by atoms with Gasteiger partial charge in [-0.25, -0.2) is 4.39 Å². The molecule has 0 aliphatic heterocycles. The van der Waals surface area contributed by atoms with Crippen LogP contribution in [0.15, 0.2) is 34.1 Å². The highest BCUT2D eigenvalue weighted by Gasteiger charge is 2.14. The number of thiophene rings is 1. The van der Waals surface area contributed by atoms with Crippen LogP contribution >= 0.6 is 27.3 Å². The van der Waals surface area contributed by atoms with Gasteiger partial charge in [-0.2, -0.15) is 0 Å². The normalized spacial score (nSPS) is 12.8. The van der Waals surface area contributed by atoms with E-state index in [1.807, 2.05) is 13.0 Å². The van der Waals surface area contributed by atoms with E-state index >= 15 is 0 Å². The number of aliphatic hydroxyl groups excluding tert-OH is 1. The average molecular weight is 301 g/mol. The fraction of sp³-hybridized carbons (Fsp3) is 0.167. The third kappa shape index (κ3) is 2.34. The Balaban J connectivity index is 2.35. The second-order valence-electron chi connectivity index (χ2n) is 3.56. The lowest BCUT2D eigenvalue weighted by molar-refractivity contribution is 0.223. The zero-order chi connectivity index (χ0) is 11.7. The van der Waals surface area contributed by atoms with Gasteiger partial charge < -0.3 is 5.11 Å². The molecule has 2 aromatic rings. The van der Waals surface area contributed by atoms with Crippen LogP contribution in [0.25, 0.3) is 0 Å². The summed E-state index contributed by atoms with van der Waals surface area (Å²) in [6.07, 6.45) is -0.759. The molecule has 16 heavy (non-hydrogen) atoms. The molecule has 1 atom stereocenters. The molecule has 1 aromatic carbocycles. The minimum Gasteiger partial charge on any atom is -0.383 e. The Morgan fingerprint density at radius 3 is 2.69 bits per heavy atom. The van der Waals surface area contributed by atoms with Crippen molar-refractivity contribution in [2.24, 2.45) is 0 Å². The lowest BCUT2D eigenvalue weighted by atomic mass is 10.1. The van der Waals surface area contributed by atoms with Gasteiger partial charge in [-0.15, -0.1) is 11.3 Å². The van der Waals surface area contributed by atoms with Gasteiger partial charge in [-0.3, -0.25) is 0 Å². The van der Waals surface area contributed by atoms with E-state index in [-0.39, 0.29) is 5.82 Å². The highest BCUT2D eigenvalue weighted by Crippen LogP contribution is 2.34. The van der Waals surface area contributed by atoms with E-state index < -0.39 is 6.10 Å². The monoisotopic (exact) mass is 300 g/mol. The number of hydrogen-bond donors (Lipinski definition) is 1. The van der Waals surface area contributed by atoms with Gasteiger partial charge in [0.1, 0.15) is 11.9 Å². The maximum atomic E-state index is 13.0. The molecule has 84 valence electrons. The van der Waals surface area contributed by atoms with Crippen molar-refractivity contribution in [3.8, 4) is 0 Å². The number of aliphatic hydroxyl groups is 1. The fourth-order valence-electron chi connectivity index (χ4n) is 1.46. The first kappa shape index (κ1) is 11.8. The molecule has 1 unspecified atom stereocenters. The van der Waals surface area contributed by atoms with E-state index in [9.17, 15) is 9.50 Å². The summed E-state index contributed by atoms with van der Waals surface area (Å²) in [7, 11) is 0. The topological polar surface area (TPSA) is 20.2 Å². The third-order valence-corrected chi connectivity index (χ3v) is 4.50. The highest BCUT2D eigenvalue weighted by atomic mass is 79.9. The first-order valence-corrected chi connectivity index (χ1v) is 6.38. The Morgan fingerprint density at radius 1 is 1.38 bits per heavy atom. The second-order valence-corrected chi connectivity index (χ2v) is 5.96. The zero-order valence-electron chi connectivity index (χ0n) is 8.58. The molecular formula is C12H10BrFOS. The standard InChI is InChI=1S/C12H10BrFOS/c1-7-5-10(16-12(7)13)11(15)8-3-2-4-9(14)6-8/h2-6,11,15H,1H3. The molecule has 1 nitrogen and oxygen atoms in total. The Bertz CT molecular complexity index is 490. The summed E-state index contributed by atoms with van der Waals surface area (Å²) in [5.74, 6) is -0.330. The minimum absolute atomic E-state index is 0.330. The summed E-state index contributed by atoms with van der Waals surface area (Å²) >= 11 is 4.87. The Morgan fingerprint density at radius 2 is 2.12 bits per heavy atom. The van der Waals surface area contributed by atoms with Crippen LogP contribution in [-0.2, 0) is 0 Å². The van der Waals surface area contributed by atoms with Crippen molar-refractivity contribution in [3.63, 3.8) is 0 Å².